The molecule has 0 spiro atoms. The molecule has 0 saturated heterocycles. The van der Waals surface area contributed by atoms with Crippen molar-refractivity contribution in [3.8, 4) is 11.5 Å². The summed E-state index contributed by atoms with van der Waals surface area (Å²) in [5.74, 6) is -1.04. The van der Waals surface area contributed by atoms with E-state index < -0.39 is 11.9 Å². The second kappa shape index (κ2) is 9.85. The normalized spacial score (nSPS) is 11.0. The van der Waals surface area contributed by atoms with Gasteiger partial charge in [0.05, 0.1) is 17.3 Å². The molecule has 4 rings (SSSR count). The molecule has 0 atom stereocenters. The zero-order chi connectivity index (χ0) is 23.4. The number of benzene rings is 4. The Morgan fingerprint density at radius 1 is 0.970 bits per heavy atom. The van der Waals surface area contributed by atoms with Crippen LogP contribution in [0.25, 0.3) is 10.8 Å². The van der Waals surface area contributed by atoms with Crippen molar-refractivity contribution in [2.45, 2.75) is 0 Å². The maximum atomic E-state index is 12.6. The number of nitrogens with zero attached hydrogens (tertiary/aromatic N) is 1. The van der Waals surface area contributed by atoms with Crippen LogP contribution in [-0.4, -0.2) is 23.2 Å². The van der Waals surface area contributed by atoms with E-state index in [9.17, 15) is 14.7 Å². The number of hydrogen-bond acceptors (Lipinski definition) is 5. The summed E-state index contributed by atoms with van der Waals surface area (Å²) in [5.41, 5.74) is 3.27. The van der Waals surface area contributed by atoms with Gasteiger partial charge in [-0.25, -0.2) is 10.2 Å². The van der Waals surface area contributed by atoms with Crippen LogP contribution in [0.1, 0.15) is 26.3 Å². The summed E-state index contributed by atoms with van der Waals surface area (Å²) in [6.45, 7) is 0. The fraction of sp³-hybridized carbons (Fsp3) is 0. The minimum Gasteiger partial charge on any atom is -0.507 e. The molecule has 0 aliphatic rings. The first-order valence-corrected chi connectivity index (χ1v) is 10.9. The third-order valence-electron chi connectivity index (χ3n) is 4.73. The minimum atomic E-state index is -0.579. The molecule has 164 valence electrons. The van der Waals surface area contributed by atoms with Gasteiger partial charge >= 0.3 is 5.97 Å². The van der Waals surface area contributed by atoms with Gasteiger partial charge in [-0.15, -0.1) is 0 Å². The lowest BCUT2D eigenvalue weighted by Crippen LogP contribution is -2.18. The van der Waals surface area contributed by atoms with Gasteiger partial charge in [-0.2, -0.15) is 5.10 Å². The number of rotatable bonds is 5. The highest BCUT2D eigenvalue weighted by molar-refractivity contribution is 9.10. The number of amides is 1. The Bertz CT molecular complexity index is 1390. The average Bonchev–Trinajstić information content (AvgIpc) is 2.80. The Hall–Kier alpha value is -3.68. The molecule has 0 radical (unpaired) electrons. The van der Waals surface area contributed by atoms with Gasteiger partial charge in [0.2, 0.25) is 0 Å². The summed E-state index contributed by atoms with van der Waals surface area (Å²) >= 11 is 9.23. The van der Waals surface area contributed by atoms with Crippen molar-refractivity contribution in [3.05, 3.63) is 105 Å². The van der Waals surface area contributed by atoms with E-state index in [2.05, 4.69) is 26.5 Å². The third kappa shape index (κ3) is 5.39. The number of phenolic OH excluding ortho intramolecular Hbond substituents is 1. The predicted octanol–water partition coefficient (Wildman–Crippen LogP) is 5.94. The fourth-order valence-corrected chi connectivity index (χ4v) is 3.59. The van der Waals surface area contributed by atoms with Crippen LogP contribution in [0.2, 0.25) is 5.02 Å². The van der Waals surface area contributed by atoms with E-state index in [0.717, 1.165) is 15.2 Å². The van der Waals surface area contributed by atoms with Crippen LogP contribution in [-0.2, 0) is 0 Å². The number of aromatic hydroxyl groups is 1. The predicted molar refractivity (Wildman–Crippen MR) is 131 cm³/mol. The SMILES string of the molecule is O=C(Oc1ccc(Br)cc1C=NNC(=O)c1cc2ccccc2cc1O)c1ccc(Cl)cc1. The Balaban J connectivity index is 1.51. The number of carbonyl (C=O) groups excluding carboxylic acids is 2. The summed E-state index contributed by atoms with van der Waals surface area (Å²) in [5, 5.41) is 16.3. The number of halogens is 2. The Morgan fingerprint density at radius 3 is 2.39 bits per heavy atom. The van der Waals surface area contributed by atoms with Crippen molar-refractivity contribution in [1.82, 2.24) is 5.43 Å². The Morgan fingerprint density at radius 2 is 1.67 bits per heavy atom. The van der Waals surface area contributed by atoms with E-state index in [1.54, 1.807) is 48.5 Å². The van der Waals surface area contributed by atoms with E-state index >= 15 is 0 Å². The molecular formula is C25H16BrClN2O4. The Kier molecular flexibility index (Phi) is 6.72. The molecule has 0 aliphatic heterocycles. The van der Waals surface area contributed by atoms with Gasteiger partial charge in [0.1, 0.15) is 11.5 Å². The molecule has 6 nitrogen and oxygen atoms in total. The molecule has 0 aliphatic carbocycles. The first-order valence-electron chi connectivity index (χ1n) is 9.73. The summed E-state index contributed by atoms with van der Waals surface area (Å²) in [6.07, 6.45) is 1.35. The molecule has 8 heteroatoms. The van der Waals surface area contributed by atoms with E-state index in [4.69, 9.17) is 16.3 Å². The smallest absolute Gasteiger partial charge is 0.343 e. The molecule has 0 bridgehead atoms. The average molecular weight is 524 g/mol. The van der Waals surface area contributed by atoms with Crippen LogP contribution in [0.3, 0.4) is 0 Å². The minimum absolute atomic E-state index is 0.0921. The second-order valence-corrected chi connectivity index (χ2v) is 8.35. The number of phenols is 1. The fourth-order valence-electron chi connectivity index (χ4n) is 3.09. The maximum absolute atomic E-state index is 12.6. The number of hydrogen-bond donors (Lipinski definition) is 2. The van der Waals surface area contributed by atoms with Gasteiger partial charge in [0, 0.05) is 15.1 Å². The van der Waals surface area contributed by atoms with Crippen LogP contribution < -0.4 is 10.2 Å². The molecule has 0 unspecified atom stereocenters. The van der Waals surface area contributed by atoms with Crippen molar-refractivity contribution in [1.29, 1.82) is 0 Å². The number of carbonyl (C=O) groups is 2. The highest BCUT2D eigenvalue weighted by atomic mass is 79.9. The van der Waals surface area contributed by atoms with Crippen molar-refractivity contribution in [2.24, 2.45) is 5.10 Å². The largest absolute Gasteiger partial charge is 0.507 e. The number of esters is 1. The zero-order valence-electron chi connectivity index (χ0n) is 17.0. The monoisotopic (exact) mass is 522 g/mol. The molecule has 0 heterocycles. The topological polar surface area (TPSA) is 88.0 Å². The summed E-state index contributed by atoms with van der Waals surface area (Å²) in [4.78, 5) is 25.0. The molecule has 33 heavy (non-hydrogen) atoms. The van der Waals surface area contributed by atoms with E-state index in [1.807, 2.05) is 24.3 Å². The number of ether oxygens (including phenoxy) is 1. The van der Waals surface area contributed by atoms with Crippen LogP contribution in [0.5, 0.6) is 11.5 Å². The van der Waals surface area contributed by atoms with E-state index in [1.165, 1.54) is 12.3 Å². The standard InChI is InChI=1S/C25H16BrClN2O4/c26-19-7-10-23(33-25(32)15-5-8-20(27)9-6-15)18(11-19)14-28-29-24(31)21-12-16-3-1-2-4-17(16)13-22(21)30/h1-14,30H,(H,29,31). The second-order valence-electron chi connectivity index (χ2n) is 6.99. The highest BCUT2D eigenvalue weighted by Gasteiger charge is 2.13. The van der Waals surface area contributed by atoms with Crippen LogP contribution >= 0.6 is 27.5 Å². The quantitative estimate of drug-likeness (QED) is 0.147. The molecule has 0 saturated carbocycles. The first kappa shape index (κ1) is 22.5. The summed E-state index contributed by atoms with van der Waals surface area (Å²) in [6, 6.07) is 21.8. The molecule has 4 aromatic carbocycles. The van der Waals surface area contributed by atoms with Gasteiger partial charge in [0.15, 0.2) is 0 Å². The number of hydrazone groups is 1. The van der Waals surface area contributed by atoms with Crippen molar-refractivity contribution in [3.63, 3.8) is 0 Å². The zero-order valence-corrected chi connectivity index (χ0v) is 19.3. The molecule has 0 aromatic heterocycles. The van der Waals surface area contributed by atoms with Crippen LogP contribution in [0.4, 0.5) is 0 Å². The molecule has 2 N–H and O–H groups in total. The van der Waals surface area contributed by atoms with Gasteiger partial charge in [-0.1, -0.05) is 51.8 Å². The van der Waals surface area contributed by atoms with Gasteiger partial charge in [0.25, 0.3) is 5.91 Å². The van der Waals surface area contributed by atoms with Crippen LogP contribution in [0, 0.1) is 0 Å². The van der Waals surface area contributed by atoms with Gasteiger partial charge < -0.3 is 9.84 Å². The lowest BCUT2D eigenvalue weighted by atomic mass is 10.1. The number of fused-ring (bicyclic) bond motifs is 1. The highest BCUT2D eigenvalue weighted by Crippen LogP contribution is 2.25. The number of nitrogens with one attached hydrogen (secondary N) is 1. The molecular weight excluding hydrogens is 508 g/mol. The van der Waals surface area contributed by atoms with Crippen LogP contribution in [0.15, 0.2) is 88.4 Å². The third-order valence-corrected chi connectivity index (χ3v) is 5.48. The first-order chi connectivity index (χ1) is 15.9. The van der Waals surface area contributed by atoms with Crippen molar-refractivity contribution < 1.29 is 19.4 Å². The van der Waals surface area contributed by atoms with Gasteiger partial charge in [-0.05, 0) is 65.4 Å². The molecule has 4 aromatic rings. The summed E-state index contributed by atoms with van der Waals surface area (Å²) in [7, 11) is 0. The summed E-state index contributed by atoms with van der Waals surface area (Å²) < 4.78 is 6.22. The maximum Gasteiger partial charge on any atom is 0.343 e. The lowest BCUT2D eigenvalue weighted by molar-refractivity contribution is 0.0734. The van der Waals surface area contributed by atoms with E-state index in [-0.39, 0.29) is 17.1 Å². The Labute approximate surface area is 202 Å². The van der Waals surface area contributed by atoms with E-state index in [0.29, 0.717) is 16.1 Å². The lowest BCUT2D eigenvalue weighted by Gasteiger charge is -2.08. The molecule has 1 amide bonds. The van der Waals surface area contributed by atoms with Gasteiger partial charge in [-0.3, -0.25) is 4.79 Å². The van der Waals surface area contributed by atoms with Crippen molar-refractivity contribution in [2.75, 3.05) is 0 Å². The molecule has 0 fully saturated rings. The van der Waals surface area contributed by atoms with Crippen molar-refractivity contribution >= 4 is 56.4 Å².